The van der Waals surface area contributed by atoms with Crippen LogP contribution in [-0.4, -0.2) is 30.5 Å². The van der Waals surface area contributed by atoms with Gasteiger partial charge in [0.2, 0.25) is 5.91 Å². The average molecular weight is 444 g/mol. The van der Waals surface area contributed by atoms with Crippen LogP contribution in [0.2, 0.25) is 0 Å². The molecule has 1 aliphatic rings. The molecule has 6 nitrogen and oxygen atoms in total. The predicted octanol–water partition coefficient (Wildman–Crippen LogP) is 4.74. The Labute approximate surface area is 194 Å². The van der Waals surface area contributed by atoms with Crippen molar-refractivity contribution in [2.75, 3.05) is 18.6 Å². The summed E-state index contributed by atoms with van der Waals surface area (Å²) in [5, 5.41) is 3.11. The van der Waals surface area contributed by atoms with Gasteiger partial charge in [0, 0.05) is 30.2 Å². The minimum absolute atomic E-state index is 0.0945. The van der Waals surface area contributed by atoms with Gasteiger partial charge in [-0.1, -0.05) is 38.1 Å². The number of nitrogens with one attached hydrogen (secondary N) is 1. The zero-order valence-corrected chi connectivity index (χ0v) is 19.2. The van der Waals surface area contributed by atoms with Crippen LogP contribution in [0.3, 0.4) is 0 Å². The van der Waals surface area contributed by atoms with E-state index >= 15 is 0 Å². The molecule has 0 saturated heterocycles. The molecule has 2 atom stereocenters. The fraction of sp³-hybridized carbons (Fsp3) is 0.296. The van der Waals surface area contributed by atoms with E-state index in [2.05, 4.69) is 24.1 Å². The Balaban J connectivity index is 1.85. The van der Waals surface area contributed by atoms with Crippen LogP contribution in [0.15, 0.2) is 73.1 Å². The number of hydrogen-bond donors (Lipinski definition) is 1. The highest BCUT2D eigenvalue weighted by Crippen LogP contribution is 2.45. The van der Waals surface area contributed by atoms with E-state index in [-0.39, 0.29) is 11.8 Å². The Morgan fingerprint density at radius 3 is 2.52 bits per heavy atom. The maximum atomic E-state index is 13.8. The van der Waals surface area contributed by atoms with Crippen molar-refractivity contribution in [3.8, 4) is 5.75 Å². The molecule has 0 aliphatic carbocycles. The molecule has 1 aromatic heterocycles. The molecule has 4 rings (SSSR count). The monoisotopic (exact) mass is 443 g/mol. The number of pyridine rings is 1. The van der Waals surface area contributed by atoms with Crippen molar-refractivity contribution in [2.24, 2.45) is 5.92 Å². The van der Waals surface area contributed by atoms with Crippen LogP contribution >= 0.6 is 0 Å². The third-order valence-electron chi connectivity index (χ3n) is 6.02. The van der Waals surface area contributed by atoms with Gasteiger partial charge in [0.15, 0.2) is 0 Å². The van der Waals surface area contributed by atoms with Crippen LogP contribution in [0.25, 0.3) is 0 Å². The molecule has 170 valence electrons. The maximum absolute atomic E-state index is 13.8. The summed E-state index contributed by atoms with van der Waals surface area (Å²) in [6.07, 6.45) is 4.31. The van der Waals surface area contributed by atoms with E-state index < -0.39 is 12.0 Å². The smallest absolute Gasteiger partial charge is 0.259 e. The van der Waals surface area contributed by atoms with Crippen LogP contribution in [0.4, 0.5) is 5.69 Å². The van der Waals surface area contributed by atoms with Gasteiger partial charge >= 0.3 is 0 Å². The maximum Gasteiger partial charge on any atom is 0.259 e. The van der Waals surface area contributed by atoms with Crippen LogP contribution in [0, 0.1) is 5.92 Å². The number of hydrogen-bond acceptors (Lipinski definition) is 4. The van der Waals surface area contributed by atoms with Gasteiger partial charge in [-0.25, -0.2) is 0 Å². The van der Waals surface area contributed by atoms with Crippen molar-refractivity contribution in [3.63, 3.8) is 0 Å². The molecule has 2 aromatic carbocycles. The van der Waals surface area contributed by atoms with E-state index in [0.29, 0.717) is 29.5 Å². The number of nitrogens with zero attached hydrogens (tertiary/aromatic N) is 2. The summed E-state index contributed by atoms with van der Waals surface area (Å²) in [6.45, 7) is 4.85. The number of methoxy groups -OCH3 is 1. The van der Waals surface area contributed by atoms with E-state index in [1.54, 1.807) is 30.5 Å². The molecular formula is C27H29N3O3. The van der Waals surface area contributed by atoms with Crippen molar-refractivity contribution in [3.05, 3.63) is 89.7 Å². The standard InChI is InChI=1S/C27H29N3O3/c1-18(2)14-16-29-26(31)24-22-8-4-5-9-23(22)27(32)30(20-10-12-21(33-3)13-11-20)25(24)19-7-6-15-28-17-19/h4-13,15,17-18,24-25H,14,16H2,1-3H3,(H,29,31)/t24-,25+/m1/s1. The lowest BCUT2D eigenvalue weighted by atomic mass is 9.79. The van der Waals surface area contributed by atoms with Crippen molar-refractivity contribution >= 4 is 17.5 Å². The van der Waals surface area contributed by atoms with Crippen molar-refractivity contribution in [1.29, 1.82) is 0 Å². The molecule has 0 radical (unpaired) electrons. The van der Waals surface area contributed by atoms with Crippen LogP contribution in [-0.2, 0) is 4.79 Å². The van der Waals surface area contributed by atoms with Gasteiger partial charge in [-0.05, 0) is 59.9 Å². The highest BCUT2D eigenvalue weighted by atomic mass is 16.5. The number of anilines is 1. The van der Waals surface area contributed by atoms with Gasteiger partial charge in [-0.15, -0.1) is 0 Å². The second kappa shape index (κ2) is 9.86. The van der Waals surface area contributed by atoms with Gasteiger partial charge in [0.05, 0.1) is 19.1 Å². The molecule has 0 fully saturated rings. The number of amides is 2. The van der Waals surface area contributed by atoms with Gasteiger partial charge in [-0.2, -0.15) is 0 Å². The Morgan fingerprint density at radius 2 is 1.85 bits per heavy atom. The first-order valence-corrected chi connectivity index (χ1v) is 11.3. The lowest BCUT2D eigenvalue weighted by Crippen LogP contribution is -2.47. The van der Waals surface area contributed by atoms with E-state index in [4.69, 9.17) is 4.74 Å². The summed E-state index contributed by atoms with van der Waals surface area (Å²) >= 11 is 0. The van der Waals surface area contributed by atoms with Gasteiger partial charge in [0.25, 0.3) is 5.91 Å². The van der Waals surface area contributed by atoms with E-state index in [1.165, 1.54) is 0 Å². The minimum atomic E-state index is -0.572. The number of fused-ring (bicyclic) bond motifs is 1. The average Bonchev–Trinajstić information content (AvgIpc) is 2.84. The molecular weight excluding hydrogens is 414 g/mol. The SMILES string of the molecule is COc1ccc(N2C(=O)c3ccccc3[C@@H](C(=O)NCCC(C)C)[C@@H]2c2cccnc2)cc1. The van der Waals surface area contributed by atoms with E-state index in [0.717, 1.165) is 17.5 Å². The highest BCUT2D eigenvalue weighted by molar-refractivity contribution is 6.11. The van der Waals surface area contributed by atoms with E-state index in [1.807, 2.05) is 54.6 Å². The summed E-state index contributed by atoms with van der Waals surface area (Å²) < 4.78 is 5.30. The molecule has 2 amide bonds. The van der Waals surface area contributed by atoms with Crippen molar-refractivity contribution < 1.29 is 14.3 Å². The molecule has 1 N–H and O–H groups in total. The normalized spacial score (nSPS) is 17.6. The number of aromatic nitrogens is 1. The van der Waals surface area contributed by atoms with Gasteiger partial charge < -0.3 is 10.1 Å². The van der Waals surface area contributed by atoms with Crippen molar-refractivity contribution in [2.45, 2.75) is 32.2 Å². The van der Waals surface area contributed by atoms with Gasteiger partial charge in [0.1, 0.15) is 5.75 Å². The Bertz CT molecular complexity index is 1110. The molecule has 0 unspecified atom stereocenters. The zero-order valence-electron chi connectivity index (χ0n) is 19.2. The number of rotatable bonds is 7. The molecule has 33 heavy (non-hydrogen) atoms. The van der Waals surface area contributed by atoms with E-state index in [9.17, 15) is 9.59 Å². The number of benzene rings is 2. The fourth-order valence-electron chi connectivity index (χ4n) is 4.33. The molecule has 1 aliphatic heterocycles. The molecule has 6 heteroatoms. The summed E-state index contributed by atoms with van der Waals surface area (Å²) in [6, 6.07) is 17.9. The van der Waals surface area contributed by atoms with Crippen LogP contribution in [0.1, 0.15) is 53.7 Å². The lowest BCUT2D eigenvalue weighted by Gasteiger charge is -2.41. The summed E-state index contributed by atoms with van der Waals surface area (Å²) in [5.74, 6) is 0.371. The zero-order chi connectivity index (χ0) is 23.4. The first kappa shape index (κ1) is 22.5. The minimum Gasteiger partial charge on any atom is -0.497 e. The predicted molar refractivity (Wildman–Crippen MR) is 128 cm³/mol. The molecule has 3 aromatic rings. The largest absolute Gasteiger partial charge is 0.497 e. The molecule has 0 spiro atoms. The topological polar surface area (TPSA) is 71.5 Å². The van der Waals surface area contributed by atoms with Crippen LogP contribution in [0.5, 0.6) is 5.75 Å². The second-order valence-electron chi connectivity index (χ2n) is 8.64. The number of carbonyl (C=O) groups is 2. The quantitative estimate of drug-likeness (QED) is 0.573. The van der Waals surface area contributed by atoms with Gasteiger partial charge in [-0.3, -0.25) is 19.5 Å². The first-order chi connectivity index (χ1) is 16.0. The Morgan fingerprint density at radius 1 is 1.09 bits per heavy atom. The number of carbonyl (C=O) groups excluding carboxylic acids is 2. The third kappa shape index (κ3) is 4.60. The Hall–Kier alpha value is -3.67. The molecule has 0 bridgehead atoms. The number of ether oxygens (including phenoxy) is 1. The second-order valence-corrected chi connectivity index (χ2v) is 8.64. The molecule has 2 heterocycles. The summed E-state index contributed by atoms with van der Waals surface area (Å²) in [5.41, 5.74) is 2.78. The fourth-order valence-corrected chi connectivity index (χ4v) is 4.33. The summed E-state index contributed by atoms with van der Waals surface area (Å²) in [7, 11) is 1.60. The molecule has 0 saturated carbocycles. The first-order valence-electron chi connectivity index (χ1n) is 11.3. The third-order valence-corrected chi connectivity index (χ3v) is 6.02. The Kier molecular flexibility index (Phi) is 6.73. The highest BCUT2D eigenvalue weighted by Gasteiger charge is 2.44. The summed E-state index contributed by atoms with van der Waals surface area (Å²) in [4.78, 5) is 33.4. The van der Waals surface area contributed by atoms with Crippen LogP contribution < -0.4 is 15.0 Å². The lowest BCUT2D eigenvalue weighted by molar-refractivity contribution is -0.123. The van der Waals surface area contributed by atoms with Crippen molar-refractivity contribution in [1.82, 2.24) is 10.3 Å².